The number of methoxy groups -OCH3 is 2. The van der Waals surface area contributed by atoms with Gasteiger partial charge in [0, 0.05) is 16.3 Å². The van der Waals surface area contributed by atoms with Crippen molar-refractivity contribution in [2.75, 3.05) is 14.2 Å². The summed E-state index contributed by atoms with van der Waals surface area (Å²) in [5.74, 6) is -0.315. The molecular weight excluding hydrogens is 460 g/mol. The molecular formula is C28H20N2O6. The van der Waals surface area contributed by atoms with Crippen molar-refractivity contribution in [2.45, 2.75) is 5.92 Å². The summed E-state index contributed by atoms with van der Waals surface area (Å²) in [4.78, 5) is 46.6. The first kappa shape index (κ1) is 21.7. The van der Waals surface area contributed by atoms with E-state index in [1.807, 2.05) is 24.3 Å². The number of pyridine rings is 2. The first-order valence-electron chi connectivity index (χ1n) is 11.3. The topological polar surface area (TPSA) is 110 Å². The van der Waals surface area contributed by atoms with Gasteiger partial charge < -0.3 is 24.2 Å². The lowest BCUT2D eigenvalue weighted by Crippen LogP contribution is -2.32. The maximum Gasteiger partial charge on any atom is 0.256 e. The van der Waals surface area contributed by atoms with Crippen molar-refractivity contribution in [3.8, 4) is 23.0 Å². The third-order valence-corrected chi connectivity index (χ3v) is 6.53. The number of nitrogens with one attached hydrogen (secondary N) is 2. The largest absolute Gasteiger partial charge is 0.493 e. The first-order valence-corrected chi connectivity index (χ1v) is 11.3. The van der Waals surface area contributed by atoms with Crippen LogP contribution >= 0.6 is 0 Å². The number of Topliss-reactive ketones (excluding diaryl/α,β-unsaturated/α-hetero) is 1. The average molecular weight is 480 g/mol. The van der Waals surface area contributed by atoms with Crippen LogP contribution in [0.15, 0.2) is 76.3 Å². The zero-order valence-corrected chi connectivity index (χ0v) is 19.4. The van der Waals surface area contributed by atoms with Crippen LogP contribution in [0.2, 0.25) is 0 Å². The monoisotopic (exact) mass is 480 g/mol. The van der Waals surface area contributed by atoms with E-state index < -0.39 is 22.8 Å². The lowest BCUT2D eigenvalue weighted by atomic mass is 9.82. The van der Waals surface area contributed by atoms with Crippen LogP contribution in [0.4, 0.5) is 0 Å². The summed E-state index contributed by atoms with van der Waals surface area (Å²) in [7, 11) is 2.97. The van der Waals surface area contributed by atoms with E-state index >= 15 is 0 Å². The van der Waals surface area contributed by atoms with Gasteiger partial charge in [-0.2, -0.15) is 0 Å². The Hall–Kier alpha value is -4.85. The van der Waals surface area contributed by atoms with E-state index in [0.717, 1.165) is 0 Å². The molecule has 0 fully saturated rings. The number of aromatic amines is 2. The Balaban J connectivity index is 1.69. The molecule has 0 saturated heterocycles. The van der Waals surface area contributed by atoms with Crippen molar-refractivity contribution in [1.82, 2.24) is 9.97 Å². The molecule has 2 N–H and O–H groups in total. The predicted molar refractivity (Wildman–Crippen MR) is 135 cm³/mol. The van der Waals surface area contributed by atoms with Gasteiger partial charge in [-0.05, 0) is 42.5 Å². The summed E-state index contributed by atoms with van der Waals surface area (Å²) in [6, 6.07) is 19.1. The number of hydrogen-bond acceptors (Lipinski definition) is 6. The second-order valence-electron chi connectivity index (χ2n) is 8.45. The summed E-state index contributed by atoms with van der Waals surface area (Å²) in [5.41, 5.74) is 0.564. The molecule has 0 unspecified atom stereocenters. The fourth-order valence-electron chi connectivity index (χ4n) is 4.86. The van der Waals surface area contributed by atoms with Gasteiger partial charge in [-0.3, -0.25) is 14.4 Å². The molecule has 3 heterocycles. The number of para-hydroxylation sites is 2. The molecule has 1 aliphatic heterocycles. The highest BCUT2D eigenvalue weighted by Gasteiger charge is 2.40. The summed E-state index contributed by atoms with van der Waals surface area (Å²) in [5, 5.41) is 1.26. The third kappa shape index (κ3) is 3.11. The number of benzene rings is 3. The van der Waals surface area contributed by atoms with Crippen molar-refractivity contribution >= 4 is 27.6 Å². The minimum Gasteiger partial charge on any atom is -0.493 e. The molecule has 5 aromatic rings. The third-order valence-electron chi connectivity index (χ3n) is 6.53. The fraction of sp³-hybridized carbons (Fsp3) is 0.107. The highest BCUT2D eigenvalue weighted by Crippen LogP contribution is 2.47. The maximum atomic E-state index is 14.1. The molecule has 0 spiro atoms. The molecule has 6 rings (SSSR count). The molecule has 0 aliphatic carbocycles. The number of fused-ring (bicyclic) bond motifs is 6. The van der Waals surface area contributed by atoms with Crippen molar-refractivity contribution < 1.29 is 19.0 Å². The Morgan fingerprint density at radius 1 is 0.750 bits per heavy atom. The van der Waals surface area contributed by atoms with Crippen LogP contribution in [-0.2, 0) is 0 Å². The number of ketones is 1. The molecule has 0 amide bonds. The van der Waals surface area contributed by atoms with Crippen molar-refractivity contribution in [2.24, 2.45) is 0 Å². The molecule has 8 nitrogen and oxygen atoms in total. The lowest BCUT2D eigenvalue weighted by molar-refractivity contribution is 0.0968. The zero-order valence-electron chi connectivity index (χ0n) is 19.4. The van der Waals surface area contributed by atoms with Crippen molar-refractivity contribution in [3.63, 3.8) is 0 Å². The van der Waals surface area contributed by atoms with Crippen molar-refractivity contribution in [3.05, 3.63) is 104 Å². The molecule has 0 saturated carbocycles. The summed E-state index contributed by atoms with van der Waals surface area (Å²) < 4.78 is 17.0. The van der Waals surface area contributed by atoms with Crippen LogP contribution < -0.4 is 25.3 Å². The maximum absolute atomic E-state index is 14.1. The number of carbonyl (C=O) groups excluding carboxylic acids is 1. The number of hydrogen-bond donors (Lipinski definition) is 2. The normalized spacial score (nSPS) is 12.6. The summed E-state index contributed by atoms with van der Waals surface area (Å²) >= 11 is 0. The Morgan fingerprint density at radius 2 is 1.28 bits per heavy atom. The highest BCUT2D eigenvalue weighted by atomic mass is 16.5. The Morgan fingerprint density at radius 3 is 1.81 bits per heavy atom. The number of rotatable bonds is 4. The van der Waals surface area contributed by atoms with Gasteiger partial charge in [0.2, 0.25) is 0 Å². The molecule has 3 aromatic carbocycles. The second kappa shape index (κ2) is 8.13. The van der Waals surface area contributed by atoms with E-state index in [4.69, 9.17) is 14.2 Å². The van der Waals surface area contributed by atoms with Crippen LogP contribution in [0, 0.1) is 0 Å². The van der Waals surface area contributed by atoms with Gasteiger partial charge in [0.05, 0.1) is 42.3 Å². The standard InChI is InChI=1S/C28H20N2O6/c1-34-19-12-11-14(13-20(19)35-2)24(31)21-22-25(15-7-3-5-9-17(15)29-27(22)32)36-26-16-8-4-6-10-18(16)30-28(33)23(21)26/h3-13,21H,1-2H3,(H,29,32)(H,30,33). The van der Waals surface area contributed by atoms with E-state index in [0.29, 0.717) is 33.3 Å². The molecule has 2 aromatic heterocycles. The van der Waals surface area contributed by atoms with Gasteiger partial charge in [0.15, 0.2) is 17.3 Å². The molecule has 0 atom stereocenters. The number of aromatic nitrogens is 2. The Bertz CT molecular complexity index is 1720. The van der Waals surface area contributed by atoms with Gasteiger partial charge in [0.1, 0.15) is 11.5 Å². The van der Waals surface area contributed by atoms with E-state index in [1.165, 1.54) is 14.2 Å². The minimum atomic E-state index is -1.21. The number of ether oxygens (including phenoxy) is 3. The molecule has 0 radical (unpaired) electrons. The first-order chi connectivity index (χ1) is 17.5. The van der Waals surface area contributed by atoms with E-state index in [2.05, 4.69) is 9.97 Å². The van der Waals surface area contributed by atoms with E-state index in [-0.39, 0.29) is 28.2 Å². The van der Waals surface area contributed by atoms with Crippen LogP contribution in [0.5, 0.6) is 23.0 Å². The SMILES string of the molecule is COc1ccc(C(=O)C2c3c(c4ccccc4[nH]c3=O)Oc3c2c(=O)[nH]c2ccccc32)cc1OC. The molecule has 178 valence electrons. The van der Waals surface area contributed by atoms with Crippen molar-refractivity contribution in [1.29, 1.82) is 0 Å². The predicted octanol–water partition coefficient (Wildman–Crippen LogP) is 4.51. The quantitative estimate of drug-likeness (QED) is 0.366. The van der Waals surface area contributed by atoms with Gasteiger partial charge in [-0.15, -0.1) is 0 Å². The van der Waals surface area contributed by atoms with Crippen LogP contribution in [0.25, 0.3) is 21.8 Å². The van der Waals surface area contributed by atoms with Gasteiger partial charge in [0.25, 0.3) is 11.1 Å². The number of H-pyrrole nitrogens is 2. The van der Waals surface area contributed by atoms with E-state index in [1.54, 1.807) is 42.5 Å². The Kier molecular flexibility index (Phi) is 4.89. The van der Waals surface area contributed by atoms with Crippen LogP contribution in [0.3, 0.4) is 0 Å². The summed E-state index contributed by atoms with van der Waals surface area (Å²) in [6.07, 6.45) is 0. The average Bonchev–Trinajstić information content (AvgIpc) is 2.91. The molecule has 1 aliphatic rings. The minimum absolute atomic E-state index is 0.0850. The van der Waals surface area contributed by atoms with Crippen LogP contribution in [-0.4, -0.2) is 30.0 Å². The molecule has 0 bridgehead atoms. The van der Waals surface area contributed by atoms with Gasteiger partial charge in [-0.1, -0.05) is 24.3 Å². The highest BCUT2D eigenvalue weighted by molar-refractivity contribution is 6.07. The van der Waals surface area contributed by atoms with Gasteiger partial charge in [-0.25, -0.2) is 0 Å². The Labute approximate surface area is 204 Å². The fourth-order valence-corrected chi connectivity index (χ4v) is 4.86. The van der Waals surface area contributed by atoms with E-state index in [9.17, 15) is 14.4 Å². The molecule has 36 heavy (non-hydrogen) atoms. The molecule has 8 heteroatoms. The zero-order chi connectivity index (χ0) is 25.0. The smallest absolute Gasteiger partial charge is 0.256 e. The number of carbonyl (C=O) groups is 1. The second-order valence-corrected chi connectivity index (χ2v) is 8.45. The lowest BCUT2D eigenvalue weighted by Gasteiger charge is -2.28. The van der Waals surface area contributed by atoms with Gasteiger partial charge >= 0.3 is 0 Å². The van der Waals surface area contributed by atoms with Crippen LogP contribution in [0.1, 0.15) is 27.4 Å². The summed E-state index contributed by atoms with van der Waals surface area (Å²) in [6.45, 7) is 0.